The highest BCUT2D eigenvalue weighted by atomic mass is 16.2. The highest BCUT2D eigenvalue weighted by Gasteiger charge is 2.21. The molecule has 0 saturated heterocycles. The van der Waals surface area contributed by atoms with Crippen LogP contribution in [0.4, 0.5) is 5.69 Å². The van der Waals surface area contributed by atoms with E-state index in [2.05, 4.69) is 6.92 Å². The van der Waals surface area contributed by atoms with Gasteiger partial charge in [-0.3, -0.25) is 9.59 Å². The monoisotopic (exact) mass is 393 g/mol. The quantitative estimate of drug-likeness (QED) is 0.166. The highest BCUT2D eigenvalue weighted by molar-refractivity contribution is 6.50. The standard InChI is InChI=1S/C26H35NO2/c1-2-3-4-5-6-7-8-9-10-12-16-21-19-15-20-23(24(21)27)26(29)25(28)22-17-13-11-14-18-22/h11,13-15,17-20H,2-10,12,16,27H2,1H3. The number of nitrogen functional groups attached to an aromatic ring is 1. The number of aryl methyl sites for hydroxylation is 1. The van der Waals surface area contributed by atoms with Crippen LogP contribution in [0.1, 0.15) is 97.4 Å². The number of rotatable bonds is 14. The van der Waals surface area contributed by atoms with Gasteiger partial charge in [0.2, 0.25) is 11.6 Å². The largest absolute Gasteiger partial charge is 0.398 e. The number of para-hydroxylation sites is 1. The molecule has 29 heavy (non-hydrogen) atoms. The lowest BCUT2D eigenvalue weighted by atomic mass is 9.95. The predicted molar refractivity (Wildman–Crippen MR) is 122 cm³/mol. The lowest BCUT2D eigenvalue weighted by Crippen LogP contribution is -2.17. The molecule has 0 heterocycles. The Morgan fingerprint density at radius 1 is 0.690 bits per heavy atom. The van der Waals surface area contributed by atoms with Crippen molar-refractivity contribution in [1.82, 2.24) is 0 Å². The number of carbonyl (C=O) groups is 2. The van der Waals surface area contributed by atoms with Gasteiger partial charge in [0.05, 0.1) is 0 Å². The summed E-state index contributed by atoms with van der Waals surface area (Å²) in [5.74, 6) is -1.04. The van der Waals surface area contributed by atoms with Crippen molar-refractivity contribution in [2.24, 2.45) is 0 Å². The first-order chi connectivity index (χ1) is 14.1. The van der Waals surface area contributed by atoms with E-state index in [0.717, 1.165) is 18.4 Å². The first-order valence-corrected chi connectivity index (χ1v) is 11.2. The zero-order chi connectivity index (χ0) is 20.9. The molecule has 2 rings (SSSR count). The van der Waals surface area contributed by atoms with Crippen molar-refractivity contribution in [3.63, 3.8) is 0 Å². The summed E-state index contributed by atoms with van der Waals surface area (Å²) in [5.41, 5.74) is 8.40. The Bertz CT molecular complexity index is 768. The second-order valence-corrected chi connectivity index (χ2v) is 7.83. The van der Waals surface area contributed by atoms with Crippen LogP contribution >= 0.6 is 0 Å². The topological polar surface area (TPSA) is 60.2 Å². The molecule has 0 radical (unpaired) electrons. The van der Waals surface area contributed by atoms with Gasteiger partial charge in [0.15, 0.2) is 0 Å². The minimum atomic E-state index is -0.529. The summed E-state index contributed by atoms with van der Waals surface area (Å²) in [6, 6.07) is 14.1. The van der Waals surface area contributed by atoms with Crippen LogP contribution < -0.4 is 5.73 Å². The number of unbranched alkanes of at least 4 members (excludes halogenated alkanes) is 9. The van der Waals surface area contributed by atoms with Crippen LogP contribution in [0.2, 0.25) is 0 Å². The van der Waals surface area contributed by atoms with Gasteiger partial charge in [-0.2, -0.15) is 0 Å². The molecular formula is C26H35NO2. The molecule has 0 bridgehead atoms. The van der Waals surface area contributed by atoms with E-state index < -0.39 is 11.6 Å². The average Bonchev–Trinajstić information content (AvgIpc) is 2.75. The molecule has 2 N–H and O–H groups in total. The summed E-state index contributed by atoms with van der Waals surface area (Å²) < 4.78 is 0. The Kier molecular flexibility index (Phi) is 10.2. The van der Waals surface area contributed by atoms with Gasteiger partial charge in [-0.1, -0.05) is 107 Å². The van der Waals surface area contributed by atoms with Gasteiger partial charge in [-0.15, -0.1) is 0 Å². The van der Waals surface area contributed by atoms with Crippen molar-refractivity contribution in [3.05, 3.63) is 65.2 Å². The maximum atomic E-state index is 12.6. The first-order valence-electron chi connectivity index (χ1n) is 11.2. The molecule has 0 spiro atoms. The van der Waals surface area contributed by atoms with E-state index in [0.29, 0.717) is 16.8 Å². The lowest BCUT2D eigenvalue weighted by Gasteiger charge is -2.10. The Morgan fingerprint density at radius 2 is 1.28 bits per heavy atom. The summed E-state index contributed by atoms with van der Waals surface area (Å²) in [5, 5.41) is 0. The van der Waals surface area contributed by atoms with Crippen molar-refractivity contribution in [3.8, 4) is 0 Å². The van der Waals surface area contributed by atoms with Gasteiger partial charge >= 0.3 is 0 Å². The molecule has 0 atom stereocenters. The Hall–Kier alpha value is -2.42. The second-order valence-electron chi connectivity index (χ2n) is 7.83. The van der Waals surface area contributed by atoms with E-state index in [1.54, 1.807) is 30.3 Å². The van der Waals surface area contributed by atoms with E-state index in [-0.39, 0.29) is 0 Å². The summed E-state index contributed by atoms with van der Waals surface area (Å²) in [4.78, 5) is 25.1. The SMILES string of the molecule is CCCCCCCCCCCCc1cccc(C(=O)C(=O)c2ccccc2)c1N. The molecule has 3 heteroatoms. The molecule has 0 aromatic heterocycles. The zero-order valence-electron chi connectivity index (χ0n) is 17.8. The van der Waals surface area contributed by atoms with E-state index in [1.807, 2.05) is 18.2 Å². The molecule has 0 fully saturated rings. The summed E-state index contributed by atoms with van der Waals surface area (Å²) in [7, 11) is 0. The van der Waals surface area contributed by atoms with Crippen LogP contribution in [-0.4, -0.2) is 11.6 Å². The molecule has 2 aromatic rings. The number of benzene rings is 2. The molecule has 0 saturated carbocycles. The third-order valence-corrected chi connectivity index (χ3v) is 5.48. The fourth-order valence-electron chi connectivity index (χ4n) is 3.67. The molecule has 0 aliphatic heterocycles. The van der Waals surface area contributed by atoms with Gasteiger partial charge in [-0.05, 0) is 24.5 Å². The van der Waals surface area contributed by atoms with Gasteiger partial charge in [0.1, 0.15) is 0 Å². The maximum Gasteiger partial charge on any atom is 0.235 e. The van der Waals surface area contributed by atoms with Crippen molar-refractivity contribution in [2.75, 3.05) is 5.73 Å². The van der Waals surface area contributed by atoms with Crippen molar-refractivity contribution >= 4 is 17.3 Å². The van der Waals surface area contributed by atoms with E-state index in [4.69, 9.17) is 5.73 Å². The summed E-state index contributed by atoms with van der Waals surface area (Å²) in [6.07, 6.45) is 13.7. The summed E-state index contributed by atoms with van der Waals surface area (Å²) >= 11 is 0. The van der Waals surface area contributed by atoms with Crippen molar-refractivity contribution < 1.29 is 9.59 Å². The number of hydrogen-bond acceptors (Lipinski definition) is 3. The first kappa shape index (κ1) is 22.9. The third-order valence-electron chi connectivity index (χ3n) is 5.48. The van der Waals surface area contributed by atoms with Crippen molar-refractivity contribution in [2.45, 2.75) is 77.6 Å². The fraction of sp³-hybridized carbons (Fsp3) is 0.462. The normalized spacial score (nSPS) is 10.8. The molecule has 0 amide bonds. The predicted octanol–water partition coefficient (Wildman–Crippen LogP) is 6.80. The fourth-order valence-corrected chi connectivity index (χ4v) is 3.67. The molecular weight excluding hydrogens is 358 g/mol. The van der Waals surface area contributed by atoms with Crippen LogP contribution in [-0.2, 0) is 6.42 Å². The smallest absolute Gasteiger partial charge is 0.235 e. The highest BCUT2D eigenvalue weighted by Crippen LogP contribution is 2.22. The molecule has 0 aliphatic rings. The zero-order valence-corrected chi connectivity index (χ0v) is 17.8. The Labute approximate surface area is 175 Å². The van der Waals surface area contributed by atoms with Crippen LogP contribution in [0.25, 0.3) is 0 Å². The van der Waals surface area contributed by atoms with Gasteiger partial charge in [0, 0.05) is 16.8 Å². The van der Waals surface area contributed by atoms with Crippen molar-refractivity contribution in [1.29, 1.82) is 0 Å². The number of Topliss-reactive ketones (excluding diaryl/α,β-unsaturated/α-hetero) is 2. The Balaban J connectivity index is 1.78. The van der Waals surface area contributed by atoms with E-state index >= 15 is 0 Å². The van der Waals surface area contributed by atoms with Gasteiger partial charge < -0.3 is 5.73 Å². The Morgan fingerprint density at radius 3 is 1.90 bits per heavy atom. The second kappa shape index (κ2) is 12.9. The van der Waals surface area contributed by atoms with Crippen LogP contribution in [0.3, 0.4) is 0 Å². The molecule has 2 aromatic carbocycles. The number of nitrogens with two attached hydrogens (primary N) is 1. The molecule has 0 aliphatic carbocycles. The van der Waals surface area contributed by atoms with Crippen LogP contribution in [0, 0.1) is 0 Å². The lowest BCUT2D eigenvalue weighted by molar-refractivity contribution is 0.0817. The molecule has 156 valence electrons. The van der Waals surface area contributed by atoms with E-state index in [9.17, 15) is 9.59 Å². The van der Waals surface area contributed by atoms with Gasteiger partial charge in [-0.25, -0.2) is 0 Å². The minimum Gasteiger partial charge on any atom is -0.398 e. The minimum absolute atomic E-state index is 0.323. The maximum absolute atomic E-state index is 12.6. The number of ketones is 2. The number of carbonyl (C=O) groups excluding carboxylic acids is 2. The molecule has 3 nitrogen and oxygen atoms in total. The molecule has 0 unspecified atom stereocenters. The van der Waals surface area contributed by atoms with Crippen LogP contribution in [0.5, 0.6) is 0 Å². The number of anilines is 1. The average molecular weight is 394 g/mol. The summed E-state index contributed by atoms with van der Waals surface area (Å²) in [6.45, 7) is 2.25. The van der Waals surface area contributed by atoms with Gasteiger partial charge in [0.25, 0.3) is 0 Å². The third kappa shape index (κ3) is 7.49. The van der Waals surface area contributed by atoms with Crippen LogP contribution in [0.15, 0.2) is 48.5 Å². The number of hydrogen-bond donors (Lipinski definition) is 1. The van der Waals surface area contributed by atoms with E-state index in [1.165, 1.54) is 57.8 Å².